The third-order valence-corrected chi connectivity index (χ3v) is 12.6. The maximum atomic E-state index is 14.5. The fraction of sp³-hybridized carbons (Fsp3) is 0.392. The summed E-state index contributed by atoms with van der Waals surface area (Å²) in [5.74, 6) is -6.36. The van der Waals surface area contributed by atoms with Crippen molar-refractivity contribution in [1.82, 2.24) is 19.4 Å². The van der Waals surface area contributed by atoms with Gasteiger partial charge in [-0.05, 0) is 105 Å². The Hall–Kier alpha value is -6.39. The third kappa shape index (κ3) is 10.8. The van der Waals surface area contributed by atoms with Gasteiger partial charge in [0.1, 0.15) is 17.1 Å². The van der Waals surface area contributed by atoms with Crippen molar-refractivity contribution in [3.63, 3.8) is 0 Å². The largest absolute Gasteiger partial charge is 0.496 e. The molecule has 2 aromatic heterocycles. The number of aromatic nitrogens is 2. The Morgan fingerprint density at radius 3 is 1.61 bits per heavy atom. The van der Waals surface area contributed by atoms with Crippen molar-refractivity contribution < 1.29 is 56.4 Å². The zero-order chi connectivity index (χ0) is 48.6. The van der Waals surface area contributed by atoms with Gasteiger partial charge in [-0.2, -0.15) is 0 Å². The van der Waals surface area contributed by atoms with E-state index in [1.165, 1.54) is 28.8 Å². The number of carboxylic acid groups (broad SMARTS) is 2. The molecule has 2 saturated heterocycles. The number of aryl methyl sites for hydroxylation is 2. The van der Waals surface area contributed by atoms with Crippen LogP contribution >= 0.6 is 0 Å². The smallest absolute Gasteiger partial charge is 0.419 e. The highest BCUT2D eigenvalue weighted by atomic mass is 19.3. The number of halogens is 4. The normalized spacial score (nSPS) is 18.6. The molecule has 6 aromatic rings. The van der Waals surface area contributed by atoms with E-state index < -0.39 is 47.6 Å². The molecule has 2 unspecified atom stereocenters. The van der Waals surface area contributed by atoms with Crippen LogP contribution in [0.1, 0.15) is 113 Å². The molecule has 3 N–H and O–H groups in total. The van der Waals surface area contributed by atoms with E-state index in [0.29, 0.717) is 35.5 Å². The topological polar surface area (TPSA) is 147 Å². The molecule has 2 aliphatic heterocycles. The summed E-state index contributed by atoms with van der Waals surface area (Å²) in [7, 11) is 3.17. The number of alkyl halides is 4. The van der Waals surface area contributed by atoms with Crippen molar-refractivity contribution >= 4 is 39.8 Å². The van der Waals surface area contributed by atoms with Crippen LogP contribution in [0.15, 0.2) is 85.2 Å². The lowest BCUT2D eigenvalue weighted by Crippen LogP contribution is -2.41. The minimum absolute atomic E-state index is 0.100. The van der Waals surface area contributed by atoms with Crippen LogP contribution in [0.4, 0.5) is 22.4 Å². The number of nitrogens with zero attached hydrogens (tertiary/aromatic N) is 3. The summed E-state index contributed by atoms with van der Waals surface area (Å²) in [6, 6.07) is 18.8. The van der Waals surface area contributed by atoms with Gasteiger partial charge in [-0.15, -0.1) is 0 Å². The van der Waals surface area contributed by atoms with Crippen molar-refractivity contribution in [2.75, 3.05) is 27.3 Å². The summed E-state index contributed by atoms with van der Waals surface area (Å²) in [6.45, 7) is 10.4. The molecule has 0 bridgehead atoms. The first-order valence-electron chi connectivity index (χ1n) is 22.0. The van der Waals surface area contributed by atoms with Crippen molar-refractivity contribution in [2.45, 2.75) is 103 Å². The predicted octanol–water partition coefficient (Wildman–Crippen LogP) is 11.6. The van der Waals surface area contributed by atoms with E-state index in [4.69, 9.17) is 19.3 Å². The molecule has 12 nitrogen and oxygen atoms in total. The first kappa shape index (κ1) is 48.5. The van der Waals surface area contributed by atoms with Crippen LogP contribution < -0.4 is 9.47 Å². The molecule has 0 amide bonds. The van der Waals surface area contributed by atoms with Gasteiger partial charge in [0.05, 0.1) is 30.9 Å². The highest BCUT2D eigenvalue weighted by molar-refractivity contribution is 5.95. The van der Waals surface area contributed by atoms with Gasteiger partial charge >= 0.3 is 18.0 Å². The quantitative estimate of drug-likeness (QED) is 0.113. The van der Waals surface area contributed by atoms with E-state index in [1.54, 1.807) is 65.5 Å². The number of nitrogens with one attached hydrogen (secondary N) is 1. The second-order valence-electron chi connectivity index (χ2n) is 18.4. The highest BCUT2D eigenvalue weighted by Crippen LogP contribution is 2.44. The minimum Gasteiger partial charge on any atom is -0.496 e. The fourth-order valence-corrected chi connectivity index (χ4v) is 9.24. The number of benzene rings is 4. The Morgan fingerprint density at radius 2 is 1.16 bits per heavy atom. The highest BCUT2D eigenvalue weighted by Gasteiger charge is 2.43. The lowest BCUT2D eigenvalue weighted by atomic mass is 9.91. The summed E-state index contributed by atoms with van der Waals surface area (Å²) in [6.07, 6.45) is 1.85. The Labute approximate surface area is 386 Å². The van der Waals surface area contributed by atoms with Crippen molar-refractivity contribution in [2.24, 2.45) is 0 Å². The number of ether oxygens (including phenoxy) is 3. The first-order valence-corrected chi connectivity index (χ1v) is 22.0. The SMILES string of the molecule is COc1cc(C)c2[nH]ccc2c1CN1CCC(F)(F)CC1c1ccc(C(=O)O)cc1.COc1cc(C)c2c(ccn2C(=O)OC(C)(C)C)c1CN1CCC(F)(F)CC1c1ccc(C(=O)O)cc1. The number of carbonyl (C=O) groups excluding carboxylic acids is 1. The molecule has 4 aromatic carbocycles. The van der Waals surface area contributed by atoms with Crippen molar-refractivity contribution in [1.29, 1.82) is 0 Å². The predicted molar refractivity (Wildman–Crippen MR) is 246 cm³/mol. The van der Waals surface area contributed by atoms with Gasteiger partial charge in [0.2, 0.25) is 0 Å². The Balaban J connectivity index is 0.000000203. The average molecular weight is 929 g/mol. The van der Waals surface area contributed by atoms with Gasteiger partial charge in [0, 0.05) is 104 Å². The number of aromatic carboxylic acids is 2. The van der Waals surface area contributed by atoms with Gasteiger partial charge in [0.15, 0.2) is 0 Å². The van der Waals surface area contributed by atoms with E-state index >= 15 is 0 Å². The zero-order valence-electron chi connectivity index (χ0n) is 38.6. The van der Waals surface area contributed by atoms with Crippen LogP contribution in [0.25, 0.3) is 21.8 Å². The fourth-order valence-electron chi connectivity index (χ4n) is 9.24. The number of methoxy groups -OCH3 is 2. The first-order chi connectivity index (χ1) is 31.6. The molecule has 16 heteroatoms. The molecular formula is C51H56F4N4O8. The number of fused-ring (bicyclic) bond motifs is 2. The van der Waals surface area contributed by atoms with Crippen molar-refractivity contribution in [3.05, 3.63) is 130 Å². The molecule has 0 aliphatic carbocycles. The van der Waals surface area contributed by atoms with Gasteiger partial charge in [-0.25, -0.2) is 31.9 Å². The molecule has 0 spiro atoms. The van der Waals surface area contributed by atoms with Crippen LogP contribution in [0.5, 0.6) is 11.5 Å². The Morgan fingerprint density at radius 1 is 0.701 bits per heavy atom. The maximum absolute atomic E-state index is 14.5. The number of carboxylic acids is 2. The van der Waals surface area contributed by atoms with Crippen LogP contribution in [-0.2, 0) is 17.8 Å². The molecule has 2 fully saturated rings. The van der Waals surface area contributed by atoms with E-state index in [1.807, 2.05) is 54.1 Å². The summed E-state index contributed by atoms with van der Waals surface area (Å²) in [5, 5.41) is 20.1. The molecule has 2 aliphatic rings. The third-order valence-electron chi connectivity index (χ3n) is 12.6. The summed E-state index contributed by atoms with van der Waals surface area (Å²) in [5.41, 5.74) is 6.18. The molecule has 2 atom stereocenters. The van der Waals surface area contributed by atoms with Crippen LogP contribution in [0, 0.1) is 13.8 Å². The number of H-pyrrole nitrogens is 1. The average Bonchev–Trinajstić information content (AvgIpc) is 3.96. The number of rotatable bonds is 10. The van der Waals surface area contributed by atoms with Gasteiger partial charge in [0.25, 0.3) is 11.8 Å². The number of likely N-dealkylation sites (tertiary alicyclic amines) is 2. The summed E-state index contributed by atoms with van der Waals surface area (Å²) in [4.78, 5) is 42.6. The molecule has 4 heterocycles. The van der Waals surface area contributed by atoms with E-state index in [-0.39, 0.29) is 49.9 Å². The number of piperidine rings is 2. The second kappa shape index (κ2) is 19.1. The van der Waals surface area contributed by atoms with Crippen LogP contribution in [0.3, 0.4) is 0 Å². The molecule has 0 saturated carbocycles. The molecule has 0 radical (unpaired) electrons. The van der Waals surface area contributed by atoms with Gasteiger partial charge < -0.3 is 29.4 Å². The number of aromatic amines is 1. The van der Waals surface area contributed by atoms with E-state index in [2.05, 4.69) is 4.98 Å². The number of carbonyl (C=O) groups is 3. The van der Waals surface area contributed by atoms with Gasteiger partial charge in [-0.1, -0.05) is 24.3 Å². The molecule has 8 rings (SSSR count). The lowest BCUT2D eigenvalue weighted by molar-refractivity contribution is -0.0819. The van der Waals surface area contributed by atoms with Gasteiger partial charge in [-0.3, -0.25) is 14.4 Å². The van der Waals surface area contributed by atoms with Crippen LogP contribution in [0.2, 0.25) is 0 Å². The second-order valence-corrected chi connectivity index (χ2v) is 18.4. The monoisotopic (exact) mass is 928 g/mol. The Bertz CT molecular complexity index is 2780. The van der Waals surface area contributed by atoms with E-state index in [0.717, 1.165) is 44.3 Å². The molecule has 67 heavy (non-hydrogen) atoms. The number of hydrogen-bond donors (Lipinski definition) is 3. The maximum Gasteiger partial charge on any atom is 0.419 e. The Kier molecular flexibility index (Phi) is 13.8. The van der Waals surface area contributed by atoms with E-state index in [9.17, 15) is 37.1 Å². The summed E-state index contributed by atoms with van der Waals surface area (Å²) >= 11 is 0. The lowest BCUT2D eigenvalue weighted by Gasteiger charge is -2.40. The minimum atomic E-state index is -2.83. The molecular weight excluding hydrogens is 873 g/mol. The standard InChI is InChI=1S/C28H32F2N2O5.C23H24F2N2O3/c1-17-14-23(36-5)21(20-10-12-32(24(17)20)26(35)37-27(2,3)4)16-31-13-11-28(29,30)15-22(31)18-6-8-19(9-7-18)25(33)34;1-14-11-20(30-2)18(17-7-9-26-21(14)17)13-27-10-8-23(24,25)12-19(27)15-3-5-16(6-4-15)22(28)29/h6-10,12,14,22H,11,13,15-16H2,1-5H3,(H,33,34);3-7,9,11,19,26H,8,10,12-13H2,1-2H3,(H,28,29). The zero-order valence-corrected chi connectivity index (χ0v) is 38.6. The summed E-state index contributed by atoms with van der Waals surface area (Å²) < 4.78 is 76.0. The number of hydrogen-bond acceptors (Lipinski definition) is 8. The van der Waals surface area contributed by atoms with Crippen molar-refractivity contribution in [3.8, 4) is 11.5 Å². The molecule has 356 valence electrons. The van der Waals surface area contributed by atoms with Crippen LogP contribution in [-0.4, -0.2) is 92.4 Å².